The van der Waals surface area contributed by atoms with Crippen LogP contribution in [0, 0.1) is 5.92 Å². The molecule has 0 radical (unpaired) electrons. The van der Waals surface area contributed by atoms with Crippen molar-refractivity contribution in [2.24, 2.45) is 5.92 Å². The first kappa shape index (κ1) is 20.1. The maximum atomic E-state index is 12.5. The number of carboxylic acids is 1. The van der Waals surface area contributed by atoms with Crippen LogP contribution in [0.1, 0.15) is 20.8 Å². The van der Waals surface area contributed by atoms with Gasteiger partial charge in [-0.05, 0) is 6.92 Å². The monoisotopic (exact) mass is 296 g/mol. The molecule has 0 heterocycles. The van der Waals surface area contributed by atoms with Gasteiger partial charge in [-0.25, -0.2) is 4.79 Å². The molecule has 0 fully saturated rings. The van der Waals surface area contributed by atoms with Gasteiger partial charge in [0.1, 0.15) is 0 Å². The van der Waals surface area contributed by atoms with Crippen molar-refractivity contribution in [3.63, 3.8) is 0 Å². The SMILES string of the molecule is C=C(C)C(=O)O.CC(C)C(F)(F)C(O)(F)C(F)(F)F. The second kappa shape index (κ2) is 6.27. The van der Waals surface area contributed by atoms with Crippen LogP contribution < -0.4 is 0 Å². The second-order valence-corrected chi connectivity index (χ2v) is 3.98. The first-order valence-corrected chi connectivity index (χ1v) is 4.83. The van der Waals surface area contributed by atoms with E-state index in [-0.39, 0.29) is 5.57 Å². The van der Waals surface area contributed by atoms with Crippen LogP contribution in [0.3, 0.4) is 0 Å². The van der Waals surface area contributed by atoms with Gasteiger partial charge in [-0.2, -0.15) is 26.3 Å². The highest BCUT2D eigenvalue weighted by molar-refractivity contribution is 5.84. The Hall–Kier alpha value is -1.25. The van der Waals surface area contributed by atoms with Gasteiger partial charge in [-0.1, -0.05) is 20.4 Å². The van der Waals surface area contributed by atoms with Gasteiger partial charge in [-0.3, -0.25) is 0 Å². The summed E-state index contributed by atoms with van der Waals surface area (Å²) in [6.45, 7) is 5.96. The topological polar surface area (TPSA) is 57.5 Å². The lowest BCUT2D eigenvalue weighted by Crippen LogP contribution is -2.57. The van der Waals surface area contributed by atoms with E-state index in [9.17, 15) is 31.1 Å². The van der Waals surface area contributed by atoms with E-state index in [4.69, 9.17) is 10.2 Å². The van der Waals surface area contributed by atoms with Crippen LogP contribution >= 0.6 is 0 Å². The zero-order valence-corrected chi connectivity index (χ0v) is 10.4. The van der Waals surface area contributed by atoms with Crippen LogP contribution in [0.15, 0.2) is 12.2 Å². The maximum Gasteiger partial charge on any atom is 0.454 e. The maximum absolute atomic E-state index is 12.5. The summed E-state index contributed by atoms with van der Waals surface area (Å²) in [7, 11) is 0. The largest absolute Gasteiger partial charge is 0.478 e. The minimum Gasteiger partial charge on any atom is -0.478 e. The standard InChI is InChI=1S/C6H8F6O.C4H6O2/c1-3(2)4(7,8)5(9,13)6(10,11)12;1-3(2)4(5)6/h3,13H,1-2H3;1H2,2H3,(H,5,6). The first-order chi connectivity index (χ1) is 8.09. The summed E-state index contributed by atoms with van der Waals surface area (Å²) in [4.78, 5) is 9.60. The molecule has 0 aromatic carbocycles. The fourth-order valence-electron chi connectivity index (χ4n) is 0.572. The minimum atomic E-state index is -6.00. The van der Waals surface area contributed by atoms with Gasteiger partial charge in [0.2, 0.25) is 0 Å². The summed E-state index contributed by atoms with van der Waals surface area (Å²) in [5, 5.41) is 15.9. The molecular weight excluding hydrogens is 282 g/mol. The van der Waals surface area contributed by atoms with Gasteiger partial charge in [0, 0.05) is 11.5 Å². The van der Waals surface area contributed by atoms with E-state index >= 15 is 0 Å². The van der Waals surface area contributed by atoms with Crippen LogP contribution in [0.25, 0.3) is 0 Å². The Morgan fingerprint density at radius 3 is 1.42 bits per heavy atom. The zero-order chi connectivity index (χ0) is 16.2. The Morgan fingerprint density at radius 2 is 1.37 bits per heavy atom. The highest BCUT2D eigenvalue weighted by Gasteiger charge is 2.71. The molecule has 0 aliphatic rings. The third kappa shape index (κ3) is 5.09. The number of carbonyl (C=O) groups is 1. The lowest BCUT2D eigenvalue weighted by Gasteiger charge is -2.32. The molecule has 0 amide bonds. The van der Waals surface area contributed by atoms with E-state index in [2.05, 4.69) is 6.58 Å². The lowest BCUT2D eigenvalue weighted by molar-refractivity contribution is -0.393. The van der Waals surface area contributed by atoms with E-state index in [0.717, 1.165) is 0 Å². The van der Waals surface area contributed by atoms with Crippen molar-refractivity contribution in [3.8, 4) is 0 Å². The van der Waals surface area contributed by atoms with Crippen LogP contribution in [-0.2, 0) is 4.79 Å². The van der Waals surface area contributed by atoms with Crippen molar-refractivity contribution in [3.05, 3.63) is 12.2 Å². The van der Waals surface area contributed by atoms with E-state index in [1.807, 2.05) is 0 Å². The molecule has 19 heavy (non-hydrogen) atoms. The summed E-state index contributed by atoms with van der Waals surface area (Å²) in [6, 6.07) is 0. The van der Waals surface area contributed by atoms with Crippen LogP contribution in [0.4, 0.5) is 26.3 Å². The molecule has 3 nitrogen and oxygen atoms in total. The third-order valence-electron chi connectivity index (χ3n) is 1.91. The quantitative estimate of drug-likeness (QED) is 0.621. The Kier molecular flexibility index (Phi) is 6.62. The van der Waals surface area contributed by atoms with Crippen molar-refractivity contribution in [2.75, 3.05) is 0 Å². The molecule has 1 atom stereocenters. The molecule has 0 aliphatic heterocycles. The molecule has 114 valence electrons. The Morgan fingerprint density at radius 1 is 1.11 bits per heavy atom. The highest BCUT2D eigenvalue weighted by Crippen LogP contribution is 2.46. The first-order valence-electron chi connectivity index (χ1n) is 4.83. The Bertz CT molecular complexity index is 321. The average molecular weight is 296 g/mol. The van der Waals surface area contributed by atoms with Crippen molar-refractivity contribution in [1.82, 2.24) is 0 Å². The summed E-state index contributed by atoms with van der Waals surface area (Å²) in [5.41, 5.74) is 0.176. The summed E-state index contributed by atoms with van der Waals surface area (Å²) < 4.78 is 72.0. The van der Waals surface area contributed by atoms with E-state index in [0.29, 0.717) is 13.8 Å². The van der Waals surface area contributed by atoms with E-state index < -0.39 is 29.8 Å². The van der Waals surface area contributed by atoms with Crippen LogP contribution in [-0.4, -0.2) is 34.1 Å². The Balaban J connectivity index is 0. The molecule has 0 bridgehead atoms. The van der Waals surface area contributed by atoms with Gasteiger partial charge < -0.3 is 10.2 Å². The van der Waals surface area contributed by atoms with Crippen molar-refractivity contribution >= 4 is 5.97 Å². The summed E-state index contributed by atoms with van der Waals surface area (Å²) in [5.74, 6) is -13.2. The average Bonchev–Trinajstić information content (AvgIpc) is 2.15. The van der Waals surface area contributed by atoms with Gasteiger partial charge in [-0.15, -0.1) is 0 Å². The van der Waals surface area contributed by atoms with Crippen molar-refractivity contribution < 1.29 is 41.4 Å². The van der Waals surface area contributed by atoms with Crippen molar-refractivity contribution in [2.45, 2.75) is 38.7 Å². The number of alkyl halides is 6. The second-order valence-electron chi connectivity index (χ2n) is 3.98. The molecule has 1 unspecified atom stereocenters. The van der Waals surface area contributed by atoms with Crippen LogP contribution in [0.5, 0.6) is 0 Å². The zero-order valence-electron chi connectivity index (χ0n) is 10.4. The molecule has 0 saturated carbocycles. The number of halogens is 6. The molecular formula is C10H14F6O3. The summed E-state index contributed by atoms with van der Waals surface area (Å²) in [6.07, 6.45) is -6.00. The summed E-state index contributed by atoms with van der Waals surface area (Å²) >= 11 is 0. The predicted molar refractivity (Wildman–Crippen MR) is 54.3 cm³/mol. The minimum absolute atomic E-state index is 0.176. The molecule has 0 saturated heterocycles. The number of aliphatic hydroxyl groups is 1. The van der Waals surface area contributed by atoms with E-state index in [1.165, 1.54) is 6.92 Å². The van der Waals surface area contributed by atoms with Gasteiger partial charge in [0.15, 0.2) is 0 Å². The molecule has 0 aliphatic carbocycles. The fraction of sp³-hybridized carbons (Fsp3) is 0.700. The molecule has 0 rings (SSSR count). The Labute approximate surface area is 105 Å². The normalized spacial score (nSPS) is 15.3. The number of rotatable bonds is 3. The van der Waals surface area contributed by atoms with Crippen molar-refractivity contribution in [1.29, 1.82) is 0 Å². The molecule has 9 heteroatoms. The number of hydrogen-bond donors (Lipinski definition) is 2. The van der Waals surface area contributed by atoms with Gasteiger partial charge >= 0.3 is 23.9 Å². The number of aliphatic carboxylic acids is 1. The van der Waals surface area contributed by atoms with Crippen LogP contribution in [0.2, 0.25) is 0 Å². The highest BCUT2D eigenvalue weighted by atomic mass is 19.4. The number of carboxylic acid groups (broad SMARTS) is 1. The van der Waals surface area contributed by atoms with E-state index in [1.54, 1.807) is 0 Å². The lowest BCUT2D eigenvalue weighted by atomic mass is 9.98. The predicted octanol–water partition coefficient (Wildman–Crippen LogP) is 3.15. The number of hydrogen-bond acceptors (Lipinski definition) is 2. The smallest absolute Gasteiger partial charge is 0.454 e. The third-order valence-corrected chi connectivity index (χ3v) is 1.91. The van der Waals surface area contributed by atoms with Gasteiger partial charge in [0.05, 0.1) is 0 Å². The molecule has 0 aromatic rings. The molecule has 0 spiro atoms. The van der Waals surface area contributed by atoms with Gasteiger partial charge in [0.25, 0.3) is 0 Å². The molecule has 2 N–H and O–H groups in total. The fourth-order valence-corrected chi connectivity index (χ4v) is 0.572. The molecule has 0 aromatic heterocycles.